The number of para-hydroxylation sites is 1. The number of hydrogen-bond donors (Lipinski definition) is 1. The number of fused-ring (bicyclic) bond motifs is 2. The van der Waals surface area contributed by atoms with Crippen LogP contribution < -0.4 is 9.64 Å². The second-order valence-corrected chi connectivity index (χ2v) is 8.55. The smallest absolute Gasteiger partial charge is 0.335 e. The zero-order valence-electron chi connectivity index (χ0n) is 19.8. The molecule has 6 rings (SSSR count). The summed E-state index contributed by atoms with van der Waals surface area (Å²) in [6.07, 6.45) is 0. The second-order valence-electron chi connectivity index (χ2n) is 8.55. The molecule has 38 heavy (non-hydrogen) atoms. The summed E-state index contributed by atoms with van der Waals surface area (Å²) in [5.74, 6) is -2.28. The van der Waals surface area contributed by atoms with Crippen LogP contribution in [0.15, 0.2) is 83.3 Å². The number of hydrogen-bond acceptors (Lipinski definition) is 6. The van der Waals surface area contributed by atoms with Gasteiger partial charge in [0.2, 0.25) is 5.89 Å². The number of carboxylic acids is 1. The van der Waals surface area contributed by atoms with Crippen LogP contribution in [0.2, 0.25) is 0 Å². The van der Waals surface area contributed by atoms with E-state index in [1.807, 2.05) is 0 Å². The average Bonchev–Trinajstić information content (AvgIpc) is 3.46. The van der Waals surface area contributed by atoms with Gasteiger partial charge in [0.05, 0.1) is 40.6 Å². The molecule has 1 aromatic heterocycles. The lowest BCUT2D eigenvalue weighted by molar-refractivity contribution is 0.0696. The highest BCUT2D eigenvalue weighted by molar-refractivity contribution is 6.35. The van der Waals surface area contributed by atoms with Crippen molar-refractivity contribution in [3.05, 3.63) is 101 Å². The number of amides is 2. The molecule has 2 heterocycles. The van der Waals surface area contributed by atoms with Crippen molar-refractivity contribution in [1.82, 2.24) is 4.98 Å². The number of ether oxygens (including phenoxy) is 1. The molecular weight excluding hydrogens is 491 g/mol. The van der Waals surface area contributed by atoms with Gasteiger partial charge < -0.3 is 14.3 Å². The number of carbonyl (C=O) groups excluding carboxylic acids is 2. The van der Waals surface area contributed by atoms with E-state index >= 15 is 0 Å². The predicted octanol–water partition coefficient (Wildman–Crippen LogP) is 5.81. The van der Waals surface area contributed by atoms with Gasteiger partial charge in [-0.05, 0) is 60.2 Å². The summed E-state index contributed by atoms with van der Waals surface area (Å²) in [4.78, 5) is 43.6. The van der Waals surface area contributed by atoms with Crippen LogP contribution in [0.1, 0.15) is 31.1 Å². The summed E-state index contributed by atoms with van der Waals surface area (Å²) in [5.41, 5.74) is 2.46. The van der Waals surface area contributed by atoms with Gasteiger partial charge in [-0.15, -0.1) is 0 Å². The van der Waals surface area contributed by atoms with E-state index in [4.69, 9.17) is 9.15 Å². The summed E-state index contributed by atoms with van der Waals surface area (Å²) >= 11 is 0. The molecule has 0 saturated heterocycles. The topological polar surface area (TPSA) is 110 Å². The van der Waals surface area contributed by atoms with Gasteiger partial charge in [-0.3, -0.25) is 9.59 Å². The van der Waals surface area contributed by atoms with E-state index < -0.39 is 23.6 Å². The number of oxazole rings is 1. The maximum atomic E-state index is 14.1. The summed E-state index contributed by atoms with van der Waals surface area (Å²) in [5, 5.41) is 9.31. The van der Waals surface area contributed by atoms with Crippen molar-refractivity contribution >= 4 is 34.6 Å². The Kier molecular flexibility index (Phi) is 5.27. The van der Waals surface area contributed by atoms with E-state index in [0.717, 1.165) is 4.90 Å². The minimum atomic E-state index is -1.21. The number of carbonyl (C=O) groups is 3. The van der Waals surface area contributed by atoms with Gasteiger partial charge in [0.1, 0.15) is 17.1 Å². The van der Waals surface area contributed by atoms with E-state index in [1.54, 1.807) is 48.5 Å². The highest BCUT2D eigenvalue weighted by Crippen LogP contribution is 2.41. The average molecular weight is 508 g/mol. The number of aromatic carboxylic acids is 1. The van der Waals surface area contributed by atoms with Gasteiger partial charge in [0, 0.05) is 0 Å². The molecule has 9 heteroatoms. The number of imide groups is 1. The van der Waals surface area contributed by atoms with Crippen molar-refractivity contribution in [1.29, 1.82) is 0 Å². The lowest BCUT2D eigenvalue weighted by Crippen LogP contribution is -2.29. The van der Waals surface area contributed by atoms with E-state index in [1.165, 1.54) is 37.4 Å². The third-order valence-corrected chi connectivity index (χ3v) is 6.36. The largest absolute Gasteiger partial charge is 0.496 e. The highest BCUT2D eigenvalue weighted by Gasteiger charge is 2.38. The van der Waals surface area contributed by atoms with Gasteiger partial charge >= 0.3 is 5.97 Å². The van der Waals surface area contributed by atoms with Crippen LogP contribution in [0.3, 0.4) is 0 Å². The highest BCUT2D eigenvalue weighted by atomic mass is 19.1. The molecule has 0 unspecified atom stereocenters. The number of aromatic nitrogens is 1. The zero-order valence-corrected chi connectivity index (χ0v) is 19.8. The van der Waals surface area contributed by atoms with E-state index in [2.05, 4.69) is 4.98 Å². The molecule has 0 saturated carbocycles. The summed E-state index contributed by atoms with van der Waals surface area (Å²) < 4.78 is 25.6. The molecule has 0 bridgehead atoms. The first-order valence-electron chi connectivity index (χ1n) is 11.5. The summed E-state index contributed by atoms with van der Waals surface area (Å²) in [6.45, 7) is 0. The van der Waals surface area contributed by atoms with Crippen LogP contribution >= 0.6 is 0 Å². The van der Waals surface area contributed by atoms with Gasteiger partial charge in [-0.25, -0.2) is 19.1 Å². The van der Waals surface area contributed by atoms with Crippen LogP contribution in [0, 0.1) is 5.82 Å². The fourth-order valence-corrected chi connectivity index (χ4v) is 4.63. The number of rotatable bonds is 5. The maximum absolute atomic E-state index is 14.1. The predicted molar refractivity (Wildman–Crippen MR) is 136 cm³/mol. The van der Waals surface area contributed by atoms with Crippen LogP contribution in [0.25, 0.3) is 33.7 Å². The van der Waals surface area contributed by atoms with Crippen molar-refractivity contribution in [2.75, 3.05) is 12.0 Å². The van der Waals surface area contributed by atoms with Crippen LogP contribution in [0.5, 0.6) is 5.75 Å². The normalized spacial score (nSPS) is 12.7. The van der Waals surface area contributed by atoms with Gasteiger partial charge in [-0.1, -0.05) is 24.3 Å². The lowest BCUT2D eigenvalue weighted by atomic mass is 10.0. The van der Waals surface area contributed by atoms with Gasteiger partial charge in [-0.2, -0.15) is 0 Å². The third kappa shape index (κ3) is 3.52. The van der Waals surface area contributed by atoms with Crippen LogP contribution in [-0.2, 0) is 0 Å². The molecule has 0 radical (unpaired) electrons. The fraction of sp³-hybridized carbons (Fsp3) is 0.0345. The quantitative estimate of drug-likeness (QED) is 0.298. The lowest BCUT2D eigenvalue weighted by Gasteiger charge is -2.16. The molecule has 1 aliphatic rings. The Bertz CT molecular complexity index is 1810. The number of anilines is 1. The second kappa shape index (κ2) is 8.67. The number of methoxy groups -OCH3 is 1. The Hall–Kier alpha value is -5.31. The first kappa shape index (κ1) is 23.1. The van der Waals surface area contributed by atoms with E-state index in [0.29, 0.717) is 33.5 Å². The number of halogens is 1. The van der Waals surface area contributed by atoms with Crippen LogP contribution in [0.4, 0.5) is 10.1 Å². The molecule has 0 aliphatic carbocycles. The molecule has 2 amide bonds. The Balaban J connectivity index is 1.50. The zero-order chi connectivity index (χ0) is 26.6. The molecule has 5 aromatic rings. The minimum Gasteiger partial charge on any atom is -0.496 e. The molecule has 1 aliphatic heterocycles. The molecule has 0 fully saturated rings. The van der Waals surface area contributed by atoms with E-state index in [-0.39, 0.29) is 28.3 Å². The Morgan fingerprint density at radius 3 is 2.47 bits per heavy atom. The summed E-state index contributed by atoms with van der Waals surface area (Å²) in [6, 6.07) is 19.8. The van der Waals surface area contributed by atoms with Crippen molar-refractivity contribution < 1.29 is 33.0 Å². The molecule has 4 aromatic carbocycles. The van der Waals surface area contributed by atoms with Gasteiger partial charge in [0.15, 0.2) is 5.58 Å². The fourth-order valence-electron chi connectivity index (χ4n) is 4.63. The molecular formula is C29H17FN2O6. The Labute approximate surface area is 214 Å². The molecule has 8 nitrogen and oxygen atoms in total. The molecule has 1 N–H and O–H groups in total. The monoisotopic (exact) mass is 508 g/mol. The van der Waals surface area contributed by atoms with E-state index in [9.17, 15) is 23.9 Å². The Morgan fingerprint density at radius 2 is 1.71 bits per heavy atom. The van der Waals surface area contributed by atoms with Crippen LogP contribution in [-0.4, -0.2) is 35.0 Å². The number of carboxylic acid groups (broad SMARTS) is 1. The minimum absolute atomic E-state index is 0.000366. The van der Waals surface area contributed by atoms with Crippen molar-refractivity contribution in [3.8, 4) is 28.3 Å². The first-order chi connectivity index (χ1) is 18.4. The first-order valence-corrected chi connectivity index (χ1v) is 11.5. The van der Waals surface area contributed by atoms with Crippen molar-refractivity contribution in [3.63, 3.8) is 0 Å². The third-order valence-electron chi connectivity index (χ3n) is 6.36. The standard InChI is InChI=1S/C29H17FN2O6/c1-37-22-11-12-23-25(24(22)15-5-4-6-17(30)13-15)31-26(38-23)19-7-2-3-8-21(19)32-27(33)18-10-9-16(29(35)36)14-20(18)28(32)34/h2-14H,1H3,(H,35,36). The van der Waals surface area contributed by atoms with Gasteiger partial charge in [0.25, 0.3) is 11.8 Å². The van der Waals surface area contributed by atoms with Crippen molar-refractivity contribution in [2.45, 2.75) is 0 Å². The SMILES string of the molecule is COc1ccc2oc(-c3ccccc3N3C(=O)c4ccc(C(=O)O)cc4C3=O)nc2c1-c1cccc(F)c1. The number of nitrogens with zero attached hydrogens (tertiary/aromatic N) is 2. The molecule has 186 valence electrons. The maximum Gasteiger partial charge on any atom is 0.335 e. The Morgan fingerprint density at radius 1 is 0.921 bits per heavy atom. The molecule has 0 atom stereocenters. The number of benzene rings is 4. The summed E-state index contributed by atoms with van der Waals surface area (Å²) in [7, 11) is 1.50. The van der Waals surface area contributed by atoms with Crippen molar-refractivity contribution in [2.24, 2.45) is 0 Å². The molecule has 0 spiro atoms.